The predicted molar refractivity (Wildman–Crippen MR) is 90.7 cm³/mol. The van der Waals surface area contributed by atoms with E-state index >= 15 is 0 Å². The maximum absolute atomic E-state index is 6.11. The molecule has 0 heterocycles. The maximum atomic E-state index is 6.11. The Hall–Kier alpha value is -0.806. The molecule has 1 rings (SSSR count). The topological polar surface area (TPSA) is 9.23 Å². The Balaban J connectivity index is 3.04. The lowest BCUT2D eigenvalue weighted by atomic mass is 10.1. The third kappa shape index (κ3) is 5.79. The molecule has 1 atom stereocenters. The van der Waals surface area contributed by atoms with E-state index in [2.05, 4.69) is 82.6 Å². The lowest BCUT2D eigenvalue weighted by Crippen LogP contribution is -2.31. The van der Waals surface area contributed by atoms with Crippen LogP contribution in [0.4, 0.5) is 0 Å². The molecule has 1 nitrogen and oxygen atoms in total. The van der Waals surface area contributed by atoms with E-state index in [9.17, 15) is 0 Å². The molecule has 0 bridgehead atoms. The molecule has 0 fully saturated rings. The first-order valence-corrected chi connectivity index (χ1v) is 14.0. The number of allylic oxidation sites excluding steroid dienone is 2. The molecule has 1 aromatic carbocycles. The summed E-state index contributed by atoms with van der Waals surface area (Å²) in [6, 6.07) is 10.8. The molecule has 0 spiro atoms. The second-order valence-corrected chi connectivity index (χ2v) is 17.0. The van der Waals surface area contributed by atoms with Crippen molar-refractivity contribution >= 4 is 16.4 Å². The fourth-order valence-corrected chi connectivity index (χ4v) is 5.22. The van der Waals surface area contributed by atoms with E-state index in [4.69, 9.17) is 4.43 Å². The van der Waals surface area contributed by atoms with Gasteiger partial charge in [0.15, 0.2) is 0 Å². The van der Waals surface area contributed by atoms with Crippen molar-refractivity contribution in [2.45, 2.75) is 51.7 Å². The molecule has 0 aliphatic rings. The van der Waals surface area contributed by atoms with Crippen LogP contribution in [0.3, 0.4) is 0 Å². The fourth-order valence-electron chi connectivity index (χ4n) is 2.26. The minimum Gasteiger partial charge on any atom is -0.548 e. The van der Waals surface area contributed by atoms with Gasteiger partial charge in [-0.25, -0.2) is 0 Å². The smallest absolute Gasteiger partial charge is 0.241 e. The standard InChI is InChI=1S/C16H28OSi2/c1-14(17-19(5,6)7)13-16(18(2,3)4)15-11-9-8-10-12-15/h8-13,16H,1-7H3/b14-13+. The van der Waals surface area contributed by atoms with Crippen LogP contribution in [0.25, 0.3) is 0 Å². The summed E-state index contributed by atoms with van der Waals surface area (Å²) in [5.41, 5.74) is 1.94. The van der Waals surface area contributed by atoms with Crippen molar-refractivity contribution in [3.8, 4) is 0 Å². The summed E-state index contributed by atoms with van der Waals surface area (Å²) >= 11 is 0. The van der Waals surface area contributed by atoms with Gasteiger partial charge in [-0.05, 0) is 43.7 Å². The maximum Gasteiger partial charge on any atom is 0.241 e. The molecule has 3 heteroatoms. The first-order valence-electron chi connectivity index (χ1n) is 7.02. The quantitative estimate of drug-likeness (QED) is 0.521. The summed E-state index contributed by atoms with van der Waals surface area (Å²) in [4.78, 5) is 0. The molecular weight excluding hydrogens is 264 g/mol. The van der Waals surface area contributed by atoms with Crippen LogP contribution < -0.4 is 0 Å². The van der Waals surface area contributed by atoms with Crippen molar-refractivity contribution in [3.05, 3.63) is 47.7 Å². The van der Waals surface area contributed by atoms with Gasteiger partial charge in [0.1, 0.15) is 0 Å². The minimum atomic E-state index is -1.50. The van der Waals surface area contributed by atoms with Crippen LogP contribution in [0.2, 0.25) is 39.3 Å². The highest BCUT2D eigenvalue weighted by molar-refractivity contribution is 6.78. The summed E-state index contributed by atoms with van der Waals surface area (Å²) < 4.78 is 6.11. The molecule has 19 heavy (non-hydrogen) atoms. The SMILES string of the molecule is C/C(=C\C(c1ccccc1)[Si](C)(C)C)O[Si](C)(C)C. The second kappa shape index (κ2) is 6.10. The van der Waals surface area contributed by atoms with Crippen molar-refractivity contribution in [2.24, 2.45) is 0 Å². The van der Waals surface area contributed by atoms with Gasteiger partial charge in [-0.3, -0.25) is 0 Å². The summed E-state index contributed by atoms with van der Waals surface area (Å²) in [7, 11) is -2.81. The number of hydrogen-bond donors (Lipinski definition) is 0. The minimum absolute atomic E-state index is 0.519. The van der Waals surface area contributed by atoms with Gasteiger partial charge < -0.3 is 4.43 Å². The number of hydrogen-bond acceptors (Lipinski definition) is 1. The van der Waals surface area contributed by atoms with Crippen molar-refractivity contribution < 1.29 is 4.43 Å². The molecule has 106 valence electrons. The zero-order valence-corrected chi connectivity index (χ0v) is 15.4. The highest BCUT2D eigenvalue weighted by Crippen LogP contribution is 2.30. The van der Waals surface area contributed by atoms with Crippen LogP contribution in [0.15, 0.2) is 42.2 Å². The Morgan fingerprint density at radius 1 is 1.00 bits per heavy atom. The molecule has 0 aromatic heterocycles. The van der Waals surface area contributed by atoms with E-state index in [1.54, 1.807) is 0 Å². The van der Waals surface area contributed by atoms with E-state index in [0.29, 0.717) is 5.54 Å². The van der Waals surface area contributed by atoms with Gasteiger partial charge in [0.2, 0.25) is 8.32 Å². The van der Waals surface area contributed by atoms with Gasteiger partial charge >= 0.3 is 0 Å². The second-order valence-electron chi connectivity index (χ2n) is 7.25. The van der Waals surface area contributed by atoms with Crippen LogP contribution in [0, 0.1) is 0 Å². The third-order valence-corrected chi connectivity index (χ3v) is 6.26. The van der Waals surface area contributed by atoms with Gasteiger partial charge in [-0.2, -0.15) is 0 Å². The van der Waals surface area contributed by atoms with E-state index in [1.807, 2.05) is 0 Å². The average Bonchev–Trinajstić information content (AvgIpc) is 2.23. The molecule has 0 radical (unpaired) electrons. The van der Waals surface area contributed by atoms with Gasteiger partial charge in [-0.15, -0.1) is 0 Å². The molecule has 1 aromatic rings. The number of benzene rings is 1. The Bertz CT molecular complexity index is 424. The monoisotopic (exact) mass is 292 g/mol. The Morgan fingerprint density at radius 2 is 1.53 bits per heavy atom. The van der Waals surface area contributed by atoms with Crippen molar-refractivity contribution in [2.75, 3.05) is 0 Å². The highest BCUT2D eigenvalue weighted by atomic mass is 28.4. The van der Waals surface area contributed by atoms with Gasteiger partial charge in [-0.1, -0.05) is 50.0 Å². The van der Waals surface area contributed by atoms with E-state index in [1.165, 1.54) is 5.56 Å². The molecule has 0 aliphatic carbocycles. The average molecular weight is 293 g/mol. The first-order chi connectivity index (χ1) is 8.59. The predicted octanol–water partition coefficient (Wildman–Crippen LogP) is 5.40. The van der Waals surface area contributed by atoms with E-state index in [0.717, 1.165) is 5.76 Å². The first kappa shape index (κ1) is 16.2. The molecule has 1 unspecified atom stereocenters. The van der Waals surface area contributed by atoms with Crippen LogP contribution in [0.1, 0.15) is 18.0 Å². The van der Waals surface area contributed by atoms with Gasteiger partial charge in [0.05, 0.1) is 13.8 Å². The van der Waals surface area contributed by atoms with E-state index in [-0.39, 0.29) is 0 Å². The van der Waals surface area contributed by atoms with Crippen molar-refractivity contribution in [3.63, 3.8) is 0 Å². The van der Waals surface area contributed by atoms with Crippen LogP contribution in [-0.2, 0) is 4.43 Å². The molecule has 0 saturated heterocycles. The lowest BCUT2D eigenvalue weighted by molar-refractivity contribution is 0.421. The van der Waals surface area contributed by atoms with E-state index < -0.39 is 16.4 Å². The van der Waals surface area contributed by atoms with Crippen molar-refractivity contribution in [1.82, 2.24) is 0 Å². The zero-order chi connectivity index (χ0) is 14.7. The molecule has 0 saturated carbocycles. The van der Waals surface area contributed by atoms with Gasteiger partial charge in [0, 0.05) is 0 Å². The molecular formula is C16H28OSi2. The Morgan fingerprint density at radius 3 is 1.95 bits per heavy atom. The lowest BCUT2D eigenvalue weighted by Gasteiger charge is -2.29. The fraction of sp³-hybridized carbons (Fsp3) is 0.500. The summed E-state index contributed by atoms with van der Waals surface area (Å²) in [6.45, 7) is 16.1. The summed E-state index contributed by atoms with van der Waals surface area (Å²) in [5, 5.41) is 0. The zero-order valence-electron chi connectivity index (χ0n) is 13.4. The number of rotatable bonds is 5. The van der Waals surface area contributed by atoms with Gasteiger partial charge in [0.25, 0.3) is 0 Å². The van der Waals surface area contributed by atoms with Crippen molar-refractivity contribution in [1.29, 1.82) is 0 Å². The summed E-state index contributed by atoms with van der Waals surface area (Å²) in [5.74, 6) is 1.09. The normalized spacial score (nSPS) is 15.2. The largest absolute Gasteiger partial charge is 0.548 e. The third-order valence-electron chi connectivity index (χ3n) is 2.96. The molecule has 0 amide bonds. The highest BCUT2D eigenvalue weighted by Gasteiger charge is 2.27. The van der Waals surface area contributed by atoms with Crippen LogP contribution >= 0.6 is 0 Å². The molecule has 0 N–H and O–H groups in total. The molecule has 0 aliphatic heterocycles. The Kier molecular flexibility index (Phi) is 5.21. The van der Waals surface area contributed by atoms with Crippen LogP contribution in [0.5, 0.6) is 0 Å². The Labute approximate surface area is 120 Å². The van der Waals surface area contributed by atoms with Crippen LogP contribution in [-0.4, -0.2) is 16.4 Å². The summed E-state index contributed by atoms with van der Waals surface area (Å²) in [6.07, 6.45) is 2.35.